The van der Waals surface area contributed by atoms with Crippen molar-refractivity contribution in [1.82, 2.24) is 19.8 Å². The summed E-state index contributed by atoms with van der Waals surface area (Å²) in [5.41, 5.74) is 3.00. The Hall–Kier alpha value is -2.92. The monoisotopic (exact) mass is 612 g/mol. The molecule has 1 aromatic heterocycles. The number of nitrogens with zero attached hydrogens (tertiary/aromatic N) is 6. The molecule has 11 heteroatoms. The van der Waals surface area contributed by atoms with Gasteiger partial charge in [-0.15, -0.1) is 0 Å². The molecular formula is C31H41ClN6O3S. The zero-order valence-corrected chi connectivity index (χ0v) is 26.5. The van der Waals surface area contributed by atoms with Crippen LogP contribution in [0.3, 0.4) is 0 Å². The van der Waals surface area contributed by atoms with E-state index < -0.39 is 9.84 Å². The zero-order chi connectivity index (χ0) is 29.9. The molecule has 0 amide bonds. The van der Waals surface area contributed by atoms with Crippen LogP contribution in [0.2, 0.25) is 5.02 Å². The first-order chi connectivity index (χ1) is 20.1. The first-order valence-electron chi connectivity index (χ1n) is 14.5. The molecule has 0 spiro atoms. The summed E-state index contributed by atoms with van der Waals surface area (Å²) in [5, 5.41) is 4.17. The molecular weight excluding hydrogens is 572 g/mol. The highest BCUT2D eigenvalue weighted by atomic mass is 35.5. The van der Waals surface area contributed by atoms with Gasteiger partial charge >= 0.3 is 6.01 Å². The number of benzene rings is 2. The number of hydrogen-bond donors (Lipinski definition) is 0. The van der Waals surface area contributed by atoms with Crippen LogP contribution in [0.5, 0.6) is 6.01 Å². The van der Waals surface area contributed by atoms with Crippen LogP contribution in [0.1, 0.15) is 24.1 Å². The zero-order valence-electron chi connectivity index (χ0n) is 25.0. The van der Waals surface area contributed by atoms with Crippen molar-refractivity contribution in [3.8, 4) is 6.01 Å². The standard InChI is InChI=1S/C31H41ClN6O3S/c1-35(2)15-8-19-42(39,40)20-18-37(4)30-25-14-17-38(28-13-6-10-23-9-5-12-26(32)29(23)28)21-27(25)33-31(34-30)41-22-24-11-7-16-36(24)3/h5-6,8-10,12-13,19,24H,7,11,14-18,20-22H2,1-4H3/b19-8+/t24-/m0/s1. The fourth-order valence-corrected chi connectivity index (χ4v) is 7.04. The Balaban J connectivity index is 1.42. The molecule has 3 heterocycles. The number of aromatic nitrogens is 2. The van der Waals surface area contributed by atoms with Gasteiger partial charge in [0.2, 0.25) is 0 Å². The number of likely N-dealkylation sites (N-methyl/N-ethyl adjacent to an activating group) is 2. The van der Waals surface area contributed by atoms with Crippen molar-refractivity contribution >= 4 is 43.7 Å². The molecule has 2 aromatic carbocycles. The van der Waals surface area contributed by atoms with E-state index in [2.05, 4.69) is 41.1 Å². The molecule has 0 N–H and O–H groups in total. The molecule has 226 valence electrons. The predicted molar refractivity (Wildman–Crippen MR) is 172 cm³/mol. The van der Waals surface area contributed by atoms with E-state index >= 15 is 0 Å². The maximum Gasteiger partial charge on any atom is 0.318 e. The van der Waals surface area contributed by atoms with Gasteiger partial charge in [0.05, 0.1) is 23.0 Å². The second kappa shape index (κ2) is 13.2. The Morgan fingerprint density at radius 1 is 1.12 bits per heavy atom. The van der Waals surface area contributed by atoms with Crippen LogP contribution in [-0.4, -0.2) is 101 Å². The Labute approximate surface area is 254 Å². The van der Waals surface area contributed by atoms with Crippen molar-refractivity contribution in [3.63, 3.8) is 0 Å². The van der Waals surface area contributed by atoms with Gasteiger partial charge in [-0.3, -0.25) is 0 Å². The first kappa shape index (κ1) is 30.5. The Morgan fingerprint density at radius 3 is 2.64 bits per heavy atom. The normalized spacial score (nSPS) is 17.9. The summed E-state index contributed by atoms with van der Waals surface area (Å²) in [6.07, 6.45) is 4.64. The molecule has 42 heavy (non-hydrogen) atoms. The van der Waals surface area contributed by atoms with Crippen LogP contribution in [0.15, 0.2) is 47.9 Å². The number of hydrogen-bond acceptors (Lipinski definition) is 9. The quantitative estimate of drug-likeness (QED) is 0.316. The molecule has 0 unspecified atom stereocenters. The fraction of sp³-hybridized carbons (Fsp3) is 0.484. The summed E-state index contributed by atoms with van der Waals surface area (Å²) < 4.78 is 31.6. The van der Waals surface area contributed by atoms with Gasteiger partial charge in [0.1, 0.15) is 12.4 Å². The minimum Gasteiger partial charge on any atom is -0.462 e. The number of halogens is 1. The van der Waals surface area contributed by atoms with Crippen LogP contribution >= 0.6 is 11.6 Å². The number of ether oxygens (including phenoxy) is 1. The Morgan fingerprint density at radius 2 is 1.90 bits per heavy atom. The number of rotatable bonds is 11. The van der Waals surface area contributed by atoms with Crippen molar-refractivity contribution in [2.45, 2.75) is 31.8 Å². The molecule has 9 nitrogen and oxygen atoms in total. The highest BCUT2D eigenvalue weighted by Gasteiger charge is 2.27. The van der Waals surface area contributed by atoms with Crippen molar-refractivity contribution in [3.05, 3.63) is 64.2 Å². The van der Waals surface area contributed by atoms with E-state index in [1.807, 2.05) is 43.1 Å². The summed E-state index contributed by atoms with van der Waals surface area (Å²) in [5.74, 6) is 0.730. The molecule has 0 aliphatic carbocycles. The Kier molecular flexibility index (Phi) is 9.57. The molecule has 2 aliphatic rings. The van der Waals surface area contributed by atoms with Gasteiger partial charge in [0.15, 0.2) is 9.84 Å². The average molecular weight is 613 g/mol. The van der Waals surface area contributed by atoms with E-state index in [1.165, 1.54) is 5.41 Å². The molecule has 0 bridgehead atoms. The van der Waals surface area contributed by atoms with Gasteiger partial charge in [-0.1, -0.05) is 41.9 Å². The third-order valence-electron chi connectivity index (χ3n) is 8.12. The van der Waals surface area contributed by atoms with Gasteiger partial charge in [-0.2, -0.15) is 9.97 Å². The highest BCUT2D eigenvalue weighted by molar-refractivity contribution is 7.94. The van der Waals surface area contributed by atoms with Crippen molar-refractivity contribution < 1.29 is 13.2 Å². The van der Waals surface area contributed by atoms with Gasteiger partial charge in [-0.05, 0) is 64.5 Å². The maximum absolute atomic E-state index is 12.7. The van der Waals surface area contributed by atoms with Crippen molar-refractivity contribution in [2.24, 2.45) is 0 Å². The van der Waals surface area contributed by atoms with Crippen molar-refractivity contribution in [1.29, 1.82) is 0 Å². The molecule has 2 aliphatic heterocycles. The van der Waals surface area contributed by atoms with Gasteiger partial charge < -0.3 is 24.3 Å². The maximum atomic E-state index is 12.7. The van der Waals surface area contributed by atoms with E-state index in [1.54, 1.807) is 6.08 Å². The predicted octanol–water partition coefficient (Wildman–Crippen LogP) is 4.25. The third-order valence-corrected chi connectivity index (χ3v) is 9.79. The SMILES string of the molecule is CN(C)C/C=C/S(=O)(=O)CCN(C)c1nc(OC[C@@H]2CCCN2C)nc2c1CCN(c1cccc3cccc(Cl)c13)C2. The number of anilines is 2. The number of likely N-dealkylation sites (tertiary alicyclic amines) is 1. The van der Waals surface area contributed by atoms with Crippen LogP contribution in [0, 0.1) is 0 Å². The van der Waals surface area contributed by atoms with E-state index in [9.17, 15) is 8.42 Å². The molecule has 1 fully saturated rings. The van der Waals surface area contributed by atoms with E-state index in [0.717, 1.165) is 70.9 Å². The molecule has 0 saturated carbocycles. The van der Waals surface area contributed by atoms with Crippen LogP contribution in [0.25, 0.3) is 10.8 Å². The largest absolute Gasteiger partial charge is 0.462 e. The lowest BCUT2D eigenvalue weighted by atomic mass is 10.0. The second-order valence-electron chi connectivity index (χ2n) is 11.6. The Bertz CT molecular complexity index is 1540. The number of fused-ring (bicyclic) bond motifs is 2. The van der Waals surface area contributed by atoms with E-state index in [-0.39, 0.29) is 5.75 Å². The van der Waals surface area contributed by atoms with Gasteiger partial charge in [0, 0.05) is 54.8 Å². The molecule has 3 aromatic rings. The summed E-state index contributed by atoms with van der Waals surface area (Å²) in [7, 11) is 4.47. The molecule has 1 atom stereocenters. The smallest absolute Gasteiger partial charge is 0.318 e. The third kappa shape index (κ3) is 7.16. The fourth-order valence-electron chi connectivity index (χ4n) is 5.71. The highest BCUT2D eigenvalue weighted by Crippen LogP contribution is 2.36. The molecule has 5 rings (SSSR count). The first-order valence-corrected chi connectivity index (χ1v) is 16.6. The second-order valence-corrected chi connectivity index (χ2v) is 14.0. The van der Waals surface area contributed by atoms with Crippen LogP contribution in [0.4, 0.5) is 11.5 Å². The summed E-state index contributed by atoms with van der Waals surface area (Å²) in [6, 6.07) is 12.9. The lowest BCUT2D eigenvalue weighted by Crippen LogP contribution is -2.35. The summed E-state index contributed by atoms with van der Waals surface area (Å²) >= 11 is 6.67. The molecule has 1 saturated heterocycles. The topological polar surface area (TPSA) is 82.1 Å². The van der Waals surface area contributed by atoms with Gasteiger partial charge in [0.25, 0.3) is 0 Å². The van der Waals surface area contributed by atoms with Crippen molar-refractivity contribution in [2.75, 3.05) is 76.5 Å². The lowest BCUT2D eigenvalue weighted by Gasteiger charge is -2.33. The van der Waals surface area contributed by atoms with E-state index in [0.29, 0.717) is 38.3 Å². The minimum absolute atomic E-state index is 0.00407. The minimum atomic E-state index is -3.36. The lowest BCUT2D eigenvalue weighted by molar-refractivity contribution is 0.187. The summed E-state index contributed by atoms with van der Waals surface area (Å²) in [6.45, 7) is 3.81. The average Bonchev–Trinajstić information content (AvgIpc) is 3.38. The van der Waals surface area contributed by atoms with E-state index in [4.69, 9.17) is 26.3 Å². The molecule has 0 radical (unpaired) electrons. The van der Waals surface area contributed by atoms with Crippen LogP contribution < -0.4 is 14.5 Å². The number of sulfone groups is 1. The van der Waals surface area contributed by atoms with Crippen LogP contribution in [-0.2, 0) is 22.8 Å². The van der Waals surface area contributed by atoms with Gasteiger partial charge in [-0.25, -0.2) is 8.42 Å². The summed E-state index contributed by atoms with van der Waals surface area (Å²) in [4.78, 5) is 18.2.